The van der Waals surface area contributed by atoms with Gasteiger partial charge in [-0.15, -0.1) is 0 Å². The molecule has 0 fully saturated rings. The molecule has 18 nitrogen and oxygen atoms in total. The van der Waals surface area contributed by atoms with Crippen LogP contribution in [-0.4, -0.2) is 66.1 Å². The van der Waals surface area contributed by atoms with Gasteiger partial charge in [0.1, 0.15) is 6.29 Å². The van der Waals surface area contributed by atoms with E-state index in [1.54, 1.807) is 24.3 Å². The summed E-state index contributed by atoms with van der Waals surface area (Å²) in [7, 11) is 0. The van der Waals surface area contributed by atoms with Crippen LogP contribution in [0.4, 0.5) is 0 Å². The van der Waals surface area contributed by atoms with Crippen molar-refractivity contribution in [1.82, 2.24) is 79.7 Å². The summed E-state index contributed by atoms with van der Waals surface area (Å²) in [5.74, 6) is 3.81. The van der Waals surface area contributed by atoms with Crippen LogP contribution in [-0.2, 0) is 117 Å². The van der Waals surface area contributed by atoms with Gasteiger partial charge in [0, 0.05) is 173 Å². The van der Waals surface area contributed by atoms with E-state index in [0.717, 1.165) is 82.8 Å². The van der Waals surface area contributed by atoms with Crippen molar-refractivity contribution in [2.75, 3.05) is 0 Å². The Morgan fingerprint density at radius 1 is 0.246 bits per heavy atom. The van der Waals surface area contributed by atoms with Gasteiger partial charge in [-0.25, -0.2) is 19.9 Å². The Morgan fingerprint density at radius 3 is 0.598 bits per heavy atom. The molecule has 0 aliphatic carbocycles. The Labute approximate surface area is 797 Å². The van der Waals surface area contributed by atoms with Gasteiger partial charge in [0.2, 0.25) is 0 Å². The van der Waals surface area contributed by atoms with Crippen LogP contribution in [0.25, 0.3) is 179 Å². The minimum atomic E-state index is 0. The van der Waals surface area contributed by atoms with Gasteiger partial charge in [-0.05, 0) is 93.8 Å². The summed E-state index contributed by atoms with van der Waals surface area (Å²) in [5.41, 5.74) is 14.3. The number of rotatable bonds is 1. The van der Waals surface area contributed by atoms with E-state index in [9.17, 15) is 10.1 Å². The first-order valence-electron chi connectivity index (χ1n) is 38.6. The van der Waals surface area contributed by atoms with Gasteiger partial charge in [0.25, 0.3) is 0 Å². The molecule has 18 rings (SSSR count). The molecule has 0 saturated heterocycles. The van der Waals surface area contributed by atoms with Gasteiger partial charge in [0.15, 0.2) is 0 Å². The van der Waals surface area contributed by atoms with Gasteiger partial charge in [-0.2, -0.15) is 5.26 Å². The number of fused-ring (bicyclic) bond motifs is 40. The molecule has 8 aromatic carbocycles. The SMILES string of the molecule is C.C.CC(C)(C)C.CC(C)(C)C.CC(C)(C)C.CC(C)(C)C.CC(C)(C)C.CC(C)(C)C.N#Cc1ccc2c(c1)-c1nc-2nc2[n-]c(nc3nc(nc4[n-]c(n1)c1ccccc41)-c1ccccc1-3)c1ccccc21.O=Cc1ccc2c(c1)-c1nc-2nc2[n-]c(nc3nc(nc4[n-]c(n1)c1ccccc41)-c1ccccc1-3)c1ccccc21.[Zn+2].[Zn+2].[Zn].[Zn].[Zn].[Zn]. The number of carbonyl (C=O) groups is 1. The Kier molecular flexibility index (Phi) is 39.1. The van der Waals surface area contributed by atoms with Crippen molar-refractivity contribution in [3.8, 4) is 97.2 Å². The molecule has 606 valence electrons. The van der Waals surface area contributed by atoms with Gasteiger partial charge in [0.05, 0.1) is 58.2 Å². The first-order chi connectivity index (χ1) is 53.5. The summed E-state index contributed by atoms with van der Waals surface area (Å²) in [6.45, 7) is 52.5. The van der Waals surface area contributed by atoms with Crippen molar-refractivity contribution in [2.45, 2.75) is 181 Å². The Balaban J connectivity index is 0.000000451. The van der Waals surface area contributed by atoms with Gasteiger partial charge in [-0.3, -0.25) is 4.79 Å². The number of aromatic nitrogens is 16. The summed E-state index contributed by atoms with van der Waals surface area (Å²) in [4.78, 5) is 89.8. The van der Waals surface area contributed by atoms with Gasteiger partial charge in [-0.1, -0.05) is 345 Å². The van der Waals surface area contributed by atoms with Crippen LogP contribution in [0.1, 0.15) is 197 Å². The van der Waals surface area contributed by atoms with Crippen molar-refractivity contribution in [2.24, 2.45) is 32.5 Å². The molecular formula is C98H111N17OZn6. The normalized spacial score (nSPS) is 11.1. The molecule has 0 unspecified atom stereocenters. The molecule has 16 bridgehead atoms. The second kappa shape index (κ2) is 44.3. The molecule has 0 atom stereocenters. The quantitative estimate of drug-likeness (QED) is 0.109. The maximum Gasteiger partial charge on any atom is 2.00 e. The van der Waals surface area contributed by atoms with Gasteiger partial charge < -0.3 is 59.8 Å². The summed E-state index contributed by atoms with van der Waals surface area (Å²) in [6.07, 6.45) is 0.807. The number of hydrogen-bond donors (Lipinski definition) is 0. The summed E-state index contributed by atoms with van der Waals surface area (Å²) >= 11 is 0. The number of carbonyl (C=O) groups excluding carboxylic acids is 1. The minimum Gasteiger partial charge on any atom is -0.357 e. The average Bonchev–Trinajstić information content (AvgIpc) is 1.60. The zero-order chi connectivity index (χ0) is 82.6. The number of aldehydes is 1. The maximum absolute atomic E-state index is 11.7. The monoisotopic (exact) mass is 1930 g/mol. The molecule has 6 aromatic heterocycles. The molecule has 122 heavy (non-hydrogen) atoms. The zero-order valence-electron chi connectivity index (χ0n) is 74.7. The number of nitriles is 1. The maximum atomic E-state index is 11.7. The second-order valence-corrected chi connectivity index (χ2v) is 38.0. The Morgan fingerprint density at radius 2 is 0.410 bits per heavy atom. The zero-order valence-corrected chi connectivity index (χ0v) is 92.5. The van der Waals surface area contributed by atoms with Crippen LogP contribution in [0.3, 0.4) is 0 Å². The molecule has 0 saturated carbocycles. The third-order valence-electron chi connectivity index (χ3n) is 15.1. The van der Waals surface area contributed by atoms with Crippen molar-refractivity contribution in [3.05, 3.63) is 193 Å². The molecule has 10 heterocycles. The van der Waals surface area contributed by atoms with Crippen LogP contribution in [0.15, 0.2) is 182 Å². The van der Waals surface area contributed by atoms with E-state index < -0.39 is 0 Å². The molecule has 0 radical (unpaired) electrons. The van der Waals surface area contributed by atoms with E-state index in [-0.39, 0.29) is 132 Å². The summed E-state index contributed by atoms with van der Waals surface area (Å²) < 4.78 is 0. The molecule has 4 aliphatic heterocycles. The van der Waals surface area contributed by atoms with Crippen molar-refractivity contribution < 1.29 is 122 Å². The largest absolute Gasteiger partial charge is 2.00 e. The molecule has 24 heteroatoms. The molecule has 0 N–H and O–H groups in total. The molecule has 4 aliphatic rings. The Bertz CT molecular complexity index is 6220. The molecule has 0 spiro atoms. The third-order valence-corrected chi connectivity index (χ3v) is 15.1. The van der Waals surface area contributed by atoms with Crippen LogP contribution in [0, 0.1) is 43.8 Å². The van der Waals surface area contributed by atoms with E-state index in [0.29, 0.717) is 147 Å². The predicted octanol–water partition coefficient (Wildman–Crippen LogP) is 25.5. The van der Waals surface area contributed by atoms with Gasteiger partial charge >= 0.3 is 39.0 Å². The van der Waals surface area contributed by atoms with Crippen LogP contribution in [0.5, 0.6) is 0 Å². The van der Waals surface area contributed by atoms with E-state index >= 15 is 0 Å². The van der Waals surface area contributed by atoms with E-state index in [1.165, 1.54) is 0 Å². The van der Waals surface area contributed by atoms with Crippen LogP contribution >= 0.6 is 0 Å². The second-order valence-electron chi connectivity index (χ2n) is 38.0. The van der Waals surface area contributed by atoms with E-state index in [4.69, 9.17) is 79.7 Å². The molecule has 0 amide bonds. The molecule has 14 aromatic rings. The fraction of sp³-hybridized carbons (Fsp3) is 0.327. The number of benzene rings is 8. The summed E-state index contributed by atoms with van der Waals surface area (Å²) in [6, 6.07) is 60.0. The summed E-state index contributed by atoms with van der Waals surface area (Å²) in [5, 5.41) is 16.4. The smallest absolute Gasteiger partial charge is 0.357 e. The number of hydrogen-bond acceptors (Lipinski definition) is 14. The fourth-order valence-corrected chi connectivity index (χ4v) is 11.2. The van der Waals surface area contributed by atoms with E-state index in [2.05, 4.69) is 172 Å². The standard InChI is InChI=1S/C33H15N9.C33H17N8O.6C5H12.2CH4.6Zn/c34-16-17-13-14-24-25(15-17)33-41-31-23-12-6-5-11-22(23)29(39-31)37-27-19-8-2-1-7-18(19)26(35-27)36-28-20-9-3-4-10-21(20)30(38-28)40-32(24)42-33;42-16-17-13-14-24-25(15-17)33-40-31-23-12-6-5-11-22(23)29(38-31)36-27-19-8-2-1-7-18(19)26(34-27)35-28-20-9-3-4-10-21(20)30(37-28)39-32(24)41-33;6*1-5(2,3)4;;;;;;;;/h1-15H;1-16H,(H-,34,35,36,37,38,39,40,41,42);6*1-4H3;2*1H4;;;;;;/q-2;-1;;;;;;;;;;;;;2*+2/p-1. The van der Waals surface area contributed by atoms with E-state index in [1.807, 2.05) is 158 Å². The first kappa shape index (κ1) is 108. The van der Waals surface area contributed by atoms with Crippen LogP contribution in [0.2, 0.25) is 0 Å². The molecular weight excluding hydrogens is 1820 g/mol. The third kappa shape index (κ3) is 29.3. The fourth-order valence-electron chi connectivity index (χ4n) is 11.2. The Hall–Kier alpha value is -8.62. The topological polar surface area (TPSA) is 252 Å². The van der Waals surface area contributed by atoms with Crippen LogP contribution < -0.4 is 19.9 Å². The first-order valence-corrected chi connectivity index (χ1v) is 38.6. The van der Waals surface area contributed by atoms with Crippen molar-refractivity contribution in [3.63, 3.8) is 0 Å². The minimum absolute atomic E-state index is 0. The van der Waals surface area contributed by atoms with Crippen molar-refractivity contribution in [1.29, 1.82) is 5.26 Å². The number of nitrogens with zero attached hydrogens (tertiary/aromatic N) is 17. The van der Waals surface area contributed by atoms with Crippen molar-refractivity contribution >= 4 is 94.6 Å². The average molecular weight is 1940 g/mol. The predicted molar refractivity (Wildman–Crippen MR) is 482 cm³/mol.